The second-order valence-electron chi connectivity index (χ2n) is 9.02. The van der Waals surface area contributed by atoms with Crippen LogP contribution in [0.25, 0.3) is 0 Å². The summed E-state index contributed by atoms with van der Waals surface area (Å²) in [7, 11) is -3.86. The summed E-state index contributed by atoms with van der Waals surface area (Å²) in [4.78, 5) is 12.7. The second kappa shape index (κ2) is 8.08. The first kappa shape index (κ1) is 23.1. The number of anilines is 1. The molecule has 2 saturated carbocycles. The van der Waals surface area contributed by atoms with Gasteiger partial charge in [-0.3, -0.25) is 4.79 Å². The monoisotopic (exact) mass is 483 g/mol. The van der Waals surface area contributed by atoms with Crippen molar-refractivity contribution >= 4 is 33.0 Å². The highest BCUT2D eigenvalue weighted by molar-refractivity contribution is 7.92. The van der Waals surface area contributed by atoms with E-state index in [9.17, 15) is 27.1 Å². The van der Waals surface area contributed by atoms with E-state index in [1.807, 2.05) is 0 Å². The molecule has 5 nitrogen and oxygen atoms in total. The lowest BCUT2D eigenvalue weighted by Gasteiger charge is -2.40. The van der Waals surface area contributed by atoms with Gasteiger partial charge >= 0.3 is 0 Å². The van der Waals surface area contributed by atoms with Crippen LogP contribution in [-0.4, -0.2) is 30.3 Å². The summed E-state index contributed by atoms with van der Waals surface area (Å²) in [6.07, 6.45) is 2.25. The van der Waals surface area contributed by atoms with Gasteiger partial charge in [-0.2, -0.15) is 0 Å². The van der Waals surface area contributed by atoms with Crippen molar-refractivity contribution in [1.82, 2.24) is 0 Å². The molecule has 2 aliphatic rings. The second-order valence-corrected chi connectivity index (χ2v) is 11.6. The lowest BCUT2D eigenvalue weighted by atomic mass is 9.76. The molecular weight excluding hydrogens is 460 g/mol. The first-order chi connectivity index (χ1) is 14.9. The highest BCUT2D eigenvalue weighted by Crippen LogP contribution is 2.51. The Morgan fingerprint density at radius 2 is 1.75 bits per heavy atom. The third-order valence-corrected chi connectivity index (χ3v) is 9.70. The molecule has 0 aromatic heterocycles. The predicted octanol–water partition coefficient (Wildman–Crippen LogP) is 4.89. The van der Waals surface area contributed by atoms with Gasteiger partial charge < -0.3 is 10.4 Å². The van der Waals surface area contributed by atoms with Crippen LogP contribution in [0, 0.1) is 30.4 Å². The number of aliphatic hydroxyl groups is 1. The number of carbonyl (C=O) groups excluding carboxylic acids is 1. The van der Waals surface area contributed by atoms with E-state index in [0.717, 1.165) is 25.0 Å². The smallest absolute Gasteiger partial charge is 0.255 e. The molecule has 0 radical (unpaired) electrons. The third kappa shape index (κ3) is 3.93. The summed E-state index contributed by atoms with van der Waals surface area (Å²) in [6, 6.07) is 5.61. The van der Waals surface area contributed by atoms with Crippen LogP contribution in [0.1, 0.15) is 48.5 Å². The van der Waals surface area contributed by atoms with E-state index in [-0.39, 0.29) is 33.0 Å². The summed E-state index contributed by atoms with van der Waals surface area (Å²) in [5.41, 5.74) is -0.304. The van der Waals surface area contributed by atoms with Crippen LogP contribution in [0.3, 0.4) is 0 Å². The Morgan fingerprint density at radius 3 is 2.34 bits per heavy atom. The quantitative estimate of drug-likeness (QED) is 0.648. The lowest BCUT2D eigenvalue weighted by molar-refractivity contribution is -0.0413. The van der Waals surface area contributed by atoms with Gasteiger partial charge in [0.05, 0.1) is 20.8 Å². The van der Waals surface area contributed by atoms with Crippen molar-refractivity contribution in [1.29, 1.82) is 0 Å². The summed E-state index contributed by atoms with van der Waals surface area (Å²) in [5, 5.41) is 12.5. The Bertz CT molecular complexity index is 1180. The van der Waals surface area contributed by atoms with E-state index in [0.29, 0.717) is 18.4 Å². The number of aryl methyl sites for hydroxylation is 1. The zero-order valence-electron chi connectivity index (χ0n) is 17.7. The molecule has 2 N–H and O–H groups in total. The van der Waals surface area contributed by atoms with Gasteiger partial charge in [-0.05, 0) is 81.2 Å². The first-order valence-electron chi connectivity index (χ1n) is 10.4. The number of sulfone groups is 1. The zero-order chi connectivity index (χ0) is 23.4. The number of benzene rings is 2. The molecule has 2 fully saturated rings. The maximum Gasteiger partial charge on any atom is 0.255 e. The van der Waals surface area contributed by atoms with E-state index in [1.54, 1.807) is 13.8 Å². The van der Waals surface area contributed by atoms with E-state index in [1.165, 1.54) is 18.2 Å². The van der Waals surface area contributed by atoms with Gasteiger partial charge in [0.2, 0.25) is 0 Å². The van der Waals surface area contributed by atoms with Crippen molar-refractivity contribution in [2.75, 3.05) is 5.32 Å². The van der Waals surface area contributed by atoms with Crippen LogP contribution in [-0.2, 0) is 9.84 Å². The summed E-state index contributed by atoms with van der Waals surface area (Å²) in [6.45, 7) is 3.39. The Labute approximate surface area is 190 Å². The minimum atomic E-state index is -3.86. The molecule has 0 saturated heterocycles. The predicted molar refractivity (Wildman–Crippen MR) is 118 cm³/mol. The fourth-order valence-electron chi connectivity index (χ4n) is 5.08. The molecule has 0 heterocycles. The van der Waals surface area contributed by atoms with E-state index < -0.39 is 38.2 Å². The molecule has 1 amide bonds. The topological polar surface area (TPSA) is 83.5 Å². The van der Waals surface area contributed by atoms with Gasteiger partial charge in [0.25, 0.3) is 5.91 Å². The molecule has 2 aromatic rings. The Morgan fingerprint density at radius 1 is 1.12 bits per heavy atom. The number of halogens is 3. The minimum Gasteiger partial charge on any atom is -0.390 e. The molecule has 2 unspecified atom stereocenters. The van der Waals surface area contributed by atoms with Crippen molar-refractivity contribution in [3.05, 3.63) is 58.1 Å². The largest absolute Gasteiger partial charge is 0.390 e. The molecule has 4 rings (SSSR count). The summed E-state index contributed by atoms with van der Waals surface area (Å²) in [5.74, 6) is -3.00. The number of amides is 1. The van der Waals surface area contributed by atoms with Crippen LogP contribution < -0.4 is 5.32 Å². The molecule has 0 spiro atoms. The number of nitrogens with one attached hydrogen (secondary N) is 1. The maximum atomic E-state index is 13.5. The van der Waals surface area contributed by atoms with Crippen LogP contribution >= 0.6 is 11.6 Å². The van der Waals surface area contributed by atoms with Crippen molar-refractivity contribution in [3.63, 3.8) is 0 Å². The molecule has 2 aromatic carbocycles. The number of hydrogen-bond acceptors (Lipinski definition) is 4. The molecule has 2 bridgehead atoms. The average molecular weight is 484 g/mol. The SMILES string of the molecule is Cc1cc(Cl)c(S(=O)(=O)[C@H]2CC3CCC(C2)[C@@]3(C)O)cc1C(=O)Nc1ccc(F)c(F)c1. The molecule has 0 aliphatic heterocycles. The fourth-order valence-corrected chi connectivity index (χ4v) is 7.57. The maximum absolute atomic E-state index is 13.5. The van der Waals surface area contributed by atoms with Crippen LogP contribution in [0.4, 0.5) is 14.5 Å². The van der Waals surface area contributed by atoms with E-state index in [4.69, 9.17) is 11.6 Å². The fraction of sp³-hybridized carbons (Fsp3) is 0.435. The van der Waals surface area contributed by atoms with Gasteiger partial charge in [-0.25, -0.2) is 17.2 Å². The van der Waals surface area contributed by atoms with Crippen molar-refractivity contribution in [2.45, 2.75) is 55.3 Å². The molecule has 32 heavy (non-hydrogen) atoms. The summed E-state index contributed by atoms with van der Waals surface area (Å²) >= 11 is 6.30. The van der Waals surface area contributed by atoms with Gasteiger partial charge in [-0.1, -0.05) is 11.6 Å². The van der Waals surface area contributed by atoms with Crippen molar-refractivity contribution in [2.24, 2.45) is 11.8 Å². The first-order valence-corrected chi connectivity index (χ1v) is 12.4. The van der Waals surface area contributed by atoms with Gasteiger partial charge in [-0.15, -0.1) is 0 Å². The van der Waals surface area contributed by atoms with Gasteiger partial charge in [0.15, 0.2) is 21.5 Å². The molecule has 9 heteroatoms. The Balaban J connectivity index is 1.65. The molecule has 2 aliphatic carbocycles. The number of rotatable bonds is 4. The van der Waals surface area contributed by atoms with Gasteiger partial charge in [0.1, 0.15) is 0 Å². The van der Waals surface area contributed by atoms with Crippen molar-refractivity contribution < 1.29 is 27.1 Å². The lowest BCUT2D eigenvalue weighted by Crippen LogP contribution is -2.45. The third-order valence-electron chi connectivity index (χ3n) is 7.06. The van der Waals surface area contributed by atoms with E-state index in [2.05, 4.69) is 5.32 Å². The summed E-state index contributed by atoms with van der Waals surface area (Å²) < 4.78 is 53.6. The highest BCUT2D eigenvalue weighted by Gasteiger charge is 2.53. The normalized spacial score (nSPS) is 27.4. The molecule has 172 valence electrons. The van der Waals surface area contributed by atoms with Crippen LogP contribution in [0.5, 0.6) is 0 Å². The van der Waals surface area contributed by atoms with E-state index >= 15 is 0 Å². The van der Waals surface area contributed by atoms with Crippen molar-refractivity contribution in [3.8, 4) is 0 Å². The number of carbonyl (C=O) groups is 1. The number of hydrogen-bond donors (Lipinski definition) is 2. The Kier molecular flexibility index (Phi) is 5.84. The molecular formula is C23H24ClF2NO4S. The number of fused-ring (bicyclic) bond motifs is 2. The minimum absolute atomic E-state index is 0.0246. The standard InChI is InChI=1S/C23H24ClF2NO4S/c1-12-7-18(24)21(11-17(12)22(28)27-15-5-6-19(25)20(26)10-15)32(30,31)16-8-13-3-4-14(9-16)23(13,2)29/h5-7,10-11,13-14,16,29H,3-4,8-9H2,1-2H3,(H,27,28)/t13?,14?,16-,23-. The van der Waals surface area contributed by atoms with Crippen LogP contribution in [0.2, 0.25) is 5.02 Å². The average Bonchev–Trinajstić information content (AvgIpc) is 2.87. The Hall–Kier alpha value is -2.03. The van der Waals surface area contributed by atoms with Crippen LogP contribution in [0.15, 0.2) is 35.2 Å². The zero-order valence-corrected chi connectivity index (χ0v) is 19.2. The highest BCUT2D eigenvalue weighted by atomic mass is 35.5. The van der Waals surface area contributed by atoms with Gasteiger partial charge in [0, 0.05) is 17.3 Å². The molecule has 2 atom stereocenters.